The van der Waals surface area contributed by atoms with Crippen LogP contribution < -0.4 is 4.74 Å². The first-order chi connectivity index (χ1) is 15.0. The van der Waals surface area contributed by atoms with E-state index in [-0.39, 0.29) is 5.57 Å². The molecule has 1 heterocycles. The van der Waals surface area contributed by atoms with E-state index in [1.165, 1.54) is 0 Å². The number of esters is 1. The van der Waals surface area contributed by atoms with Crippen molar-refractivity contribution in [2.75, 3.05) is 7.11 Å². The molecule has 0 saturated heterocycles. The highest BCUT2D eigenvalue weighted by atomic mass is 79.9. The van der Waals surface area contributed by atoms with Crippen molar-refractivity contribution in [2.24, 2.45) is 0 Å². The smallest absolute Gasteiger partial charge is 0.348 e. The molecule has 0 atom stereocenters. The molecule has 0 aliphatic carbocycles. The maximum Gasteiger partial charge on any atom is 0.348 e. The largest absolute Gasteiger partial charge is 0.497 e. The van der Waals surface area contributed by atoms with E-state index in [9.17, 15) is 9.59 Å². The Balaban J connectivity index is 1.90. The predicted molar refractivity (Wildman–Crippen MR) is 127 cm³/mol. The minimum absolute atomic E-state index is 0.000984. The third kappa shape index (κ3) is 4.55. The van der Waals surface area contributed by atoms with Gasteiger partial charge in [-0.2, -0.15) is 0 Å². The molecule has 0 amide bonds. The Morgan fingerprint density at radius 1 is 0.935 bits per heavy atom. The van der Waals surface area contributed by atoms with Gasteiger partial charge in [0.15, 0.2) is 0 Å². The number of carbonyl (C=O) groups excluding carboxylic acids is 2. The van der Waals surface area contributed by atoms with Gasteiger partial charge in [0.1, 0.15) is 17.1 Å². The van der Waals surface area contributed by atoms with Gasteiger partial charge in [-0.05, 0) is 65.7 Å². The lowest BCUT2D eigenvalue weighted by molar-refractivity contribution is -0.132. The van der Waals surface area contributed by atoms with Crippen molar-refractivity contribution in [3.8, 4) is 5.75 Å². The maximum atomic E-state index is 13.3. The Hall–Kier alpha value is -2.96. The topological polar surface area (TPSA) is 52.6 Å². The fourth-order valence-electron chi connectivity index (χ4n) is 3.26. The zero-order valence-electron chi connectivity index (χ0n) is 16.4. The number of rotatable bonds is 5. The summed E-state index contributed by atoms with van der Waals surface area (Å²) in [6, 6.07) is 21.7. The second kappa shape index (κ2) is 9.04. The number of Topliss-reactive ketones (excluding diaryl/α,β-unsaturated/α-hetero) is 1. The van der Waals surface area contributed by atoms with Gasteiger partial charge in [0.05, 0.1) is 7.11 Å². The summed E-state index contributed by atoms with van der Waals surface area (Å²) in [5.74, 6) is -0.132. The molecule has 0 spiro atoms. The summed E-state index contributed by atoms with van der Waals surface area (Å²) in [5.41, 5.74) is 2.34. The van der Waals surface area contributed by atoms with E-state index < -0.39 is 11.8 Å². The number of cyclic esters (lactones) is 1. The average Bonchev–Trinajstić information content (AvgIpc) is 3.11. The number of hydrogen-bond donors (Lipinski definition) is 0. The first-order valence-corrected chi connectivity index (χ1v) is 10.9. The molecule has 0 saturated carbocycles. The van der Waals surface area contributed by atoms with Crippen LogP contribution in [-0.2, 0) is 9.53 Å². The minimum Gasteiger partial charge on any atom is -0.497 e. The van der Waals surface area contributed by atoms with Gasteiger partial charge < -0.3 is 9.47 Å². The normalized spacial score (nSPS) is 14.7. The van der Waals surface area contributed by atoms with E-state index in [1.54, 1.807) is 49.6 Å². The van der Waals surface area contributed by atoms with Gasteiger partial charge in [-0.25, -0.2) is 4.79 Å². The fourth-order valence-corrected chi connectivity index (χ4v) is 3.78. The molecule has 0 N–H and O–H groups in total. The number of hydrogen-bond acceptors (Lipinski definition) is 4. The molecule has 6 heteroatoms. The second-order valence-corrected chi connectivity index (χ2v) is 8.60. The van der Waals surface area contributed by atoms with Crippen LogP contribution in [-0.4, -0.2) is 18.9 Å². The number of ether oxygens (including phenoxy) is 2. The highest BCUT2D eigenvalue weighted by Gasteiger charge is 2.36. The van der Waals surface area contributed by atoms with E-state index in [0.717, 1.165) is 14.5 Å². The lowest BCUT2D eigenvalue weighted by atomic mass is 9.93. The monoisotopic (exact) mass is 538 g/mol. The van der Waals surface area contributed by atoms with E-state index in [4.69, 9.17) is 9.47 Å². The Kier molecular flexibility index (Phi) is 6.20. The maximum absolute atomic E-state index is 13.3. The molecule has 31 heavy (non-hydrogen) atoms. The first kappa shape index (κ1) is 21.3. The number of ketones is 1. The highest BCUT2D eigenvalue weighted by molar-refractivity contribution is 9.10. The summed E-state index contributed by atoms with van der Waals surface area (Å²) in [7, 11) is 1.57. The van der Waals surface area contributed by atoms with Gasteiger partial charge in [-0.3, -0.25) is 4.79 Å². The van der Waals surface area contributed by atoms with Crippen LogP contribution in [0.1, 0.15) is 21.5 Å². The summed E-state index contributed by atoms with van der Waals surface area (Å²) in [6.45, 7) is 0. The second-order valence-electron chi connectivity index (χ2n) is 6.77. The zero-order valence-corrected chi connectivity index (χ0v) is 19.6. The summed E-state index contributed by atoms with van der Waals surface area (Å²) < 4.78 is 12.7. The fraction of sp³-hybridized carbons (Fsp3) is 0.0400. The SMILES string of the molecule is COc1cccc(C2=C(C(=O)c3ccc(Br)cc3)C(=O)O/C2=C\c2ccc(Br)cc2)c1. The van der Waals surface area contributed by atoms with Gasteiger partial charge in [0.2, 0.25) is 5.78 Å². The number of methoxy groups -OCH3 is 1. The van der Waals surface area contributed by atoms with Crippen LogP contribution in [0.15, 0.2) is 93.1 Å². The molecule has 3 aromatic carbocycles. The quantitative estimate of drug-likeness (QED) is 0.212. The minimum atomic E-state index is -0.672. The Bertz CT molecular complexity index is 1220. The molecule has 1 aliphatic heterocycles. The van der Waals surface area contributed by atoms with Gasteiger partial charge in [-0.1, -0.05) is 56.1 Å². The van der Waals surface area contributed by atoms with Crippen LogP contribution in [0.2, 0.25) is 0 Å². The van der Waals surface area contributed by atoms with E-state index >= 15 is 0 Å². The van der Waals surface area contributed by atoms with Gasteiger partial charge in [0, 0.05) is 20.1 Å². The van der Waals surface area contributed by atoms with Crippen LogP contribution in [0, 0.1) is 0 Å². The molecular weight excluding hydrogens is 524 g/mol. The van der Waals surface area contributed by atoms with Crippen molar-refractivity contribution in [3.05, 3.63) is 110 Å². The molecule has 0 radical (unpaired) electrons. The van der Waals surface area contributed by atoms with E-state index in [2.05, 4.69) is 31.9 Å². The molecule has 154 valence electrons. The van der Waals surface area contributed by atoms with Crippen LogP contribution >= 0.6 is 31.9 Å². The van der Waals surface area contributed by atoms with Crippen molar-refractivity contribution in [2.45, 2.75) is 0 Å². The number of carbonyl (C=O) groups is 2. The Morgan fingerprint density at radius 3 is 2.23 bits per heavy atom. The van der Waals surface area contributed by atoms with E-state index in [1.807, 2.05) is 36.4 Å². The molecule has 0 fully saturated rings. The summed E-state index contributed by atoms with van der Waals surface area (Å²) in [5, 5.41) is 0. The van der Waals surface area contributed by atoms with Crippen molar-refractivity contribution in [1.82, 2.24) is 0 Å². The molecule has 1 aliphatic rings. The highest BCUT2D eigenvalue weighted by Crippen LogP contribution is 2.38. The number of allylic oxidation sites excluding steroid dienone is 1. The van der Waals surface area contributed by atoms with Crippen molar-refractivity contribution in [3.63, 3.8) is 0 Å². The van der Waals surface area contributed by atoms with Crippen LogP contribution in [0.4, 0.5) is 0 Å². The average molecular weight is 540 g/mol. The molecule has 3 aromatic rings. The van der Waals surface area contributed by atoms with Gasteiger partial charge >= 0.3 is 5.97 Å². The predicted octanol–water partition coefficient (Wildman–Crippen LogP) is 6.45. The van der Waals surface area contributed by atoms with Gasteiger partial charge in [-0.15, -0.1) is 0 Å². The lowest BCUT2D eigenvalue weighted by Crippen LogP contribution is -2.11. The Morgan fingerprint density at radius 2 is 1.58 bits per heavy atom. The number of halogens is 2. The molecule has 4 nitrogen and oxygen atoms in total. The summed E-state index contributed by atoms with van der Waals surface area (Å²) in [6.07, 6.45) is 1.75. The molecule has 0 aromatic heterocycles. The van der Waals surface area contributed by atoms with Crippen molar-refractivity contribution < 1.29 is 19.1 Å². The first-order valence-electron chi connectivity index (χ1n) is 9.35. The lowest BCUT2D eigenvalue weighted by Gasteiger charge is -2.08. The molecule has 0 unspecified atom stereocenters. The molecule has 4 rings (SSSR count). The summed E-state index contributed by atoms with van der Waals surface area (Å²) >= 11 is 6.78. The van der Waals surface area contributed by atoms with Crippen LogP contribution in [0.3, 0.4) is 0 Å². The third-order valence-electron chi connectivity index (χ3n) is 4.76. The third-order valence-corrected chi connectivity index (χ3v) is 5.82. The number of benzene rings is 3. The van der Waals surface area contributed by atoms with Crippen LogP contribution in [0.25, 0.3) is 11.6 Å². The van der Waals surface area contributed by atoms with Crippen LogP contribution in [0.5, 0.6) is 5.75 Å². The van der Waals surface area contributed by atoms with E-state index in [0.29, 0.717) is 28.2 Å². The molecular formula is C25H16Br2O4. The zero-order chi connectivity index (χ0) is 22.0. The summed E-state index contributed by atoms with van der Waals surface area (Å²) in [4.78, 5) is 26.2. The van der Waals surface area contributed by atoms with Crippen molar-refractivity contribution in [1.29, 1.82) is 0 Å². The van der Waals surface area contributed by atoms with Gasteiger partial charge in [0.25, 0.3) is 0 Å². The standard InChI is InChI=1S/C25H16Br2O4/c1-30-20-4-2-3-17(14-20)22-21(13-15-5-9-18(26)10-6-15)31-25(29)23(22)24(28)16-7-11-19(27)12-8-16/h2-14H,1H3/b21-13-. The Labute approximate surface area is 196 Å². The molecule has 0 bridgehead atoms. The van der Waals surface area contributed by atoms with Crippen molar-refractivity contribution >= 4 is 55.3 Å².